The van der Waals surface area contributed by atoms with Crippen LogP contribution in [0.3, 0.4) is 0 Å². The molecule has 2 aliphatic rings. The molecule has 10 nitrogen and oxygen atoms in total. The van der Waals surface area contributed by atoms with Crippen LogP contribution in [0.5, 0.6) is 11.5 Å². The molecule has 190 valence electrons. The fraction of sp³-hybridized carbons (Fsp3) is 0.231. The zero-order valence-corrected chi connectivity index (χ0v) is 20.6. The zero-order valence-electron chi connectivity index (χ0n) is 19.8. The van der Waals surface area contributed by atoms with Crippen LogP contribution in [0.15, 0.2) is 71.6 Å². The van der Waals surface area contributed by atoms with Crippen LogP contribution in [0.2, 0.25) is 0 Å². The number of rotatable bonds is 6. The van der Waals surface area contributed by atoms with Gasteiger partial charge in [-0.1, -0.05) is 30.3 Å². The Balaban J connectivity index is 1.24. The predicted octanol–water partition coefficient (Wildman–Crippen LogP) is 3.09. The number of benzene rings is 3. The Morgan fingerprint density at radius 3 is 2.51 bits per heavy atom. The van der Waals surface area contributed by atoms with E-state index in [-0.39, 0.29) is 17.6 Å². The molecule has 0 saturated carbocycles. The number of hydrogen-bond donors (Lipinski definition) is 1. The number of fused-ring (bicyclic) bond motifs is 2. The molecule has 4 aromatic rings. The number of carbonyl (C=O) groups is 1. The lowest BCUT2D eigenvalue weighted by atomic mass is 10.2. The highest BCUT2D eigenvalue weighted by Crippen LogP contribution is 2.34. The third-order valence-electron chi connectivity index (χ3n) is 6.37. The van der Waals surface area contributed by atoms with E-state index >= 15 is 0 Å². The maximum atomic E-state index is 13.2. The van der Waals surface area contributed by atoms with Gasteiger partial charge in [-0.05, 0) is 35.9 Å². The molecule has 1 saturated heterocycles. The van der Waals surface area contributed by atoms with E-state index in [4.69, 9.17) is 14.2 Å². The number of ether oxygens (including phenoxy) is 3. The van der Waals surface area contributed by atoms with E-state index in [1.54, 1.807) is 47.1 Å². The summed E-state index contributed by atoms with van der Waals surface area (Å²) in [4.78, 5) is 13.4. The summed E-state index contributed by atoms with van der Waals surface area (Å²) in [7, 11) is -3.57. The fourth-order valence-corrected chi connectivity index (χ4v) is 5.86. The van der Waals surface area contributed by atoms with Crippen molar-refractivity contribution in [2.24, 2.45) is 0 Å². The minimum Gasteiger partial charge on any atom is -0.454 e. The highest BCUT2D eigenvalue weighted by molar-refractivity contribution is 7.89. The predicted molar refractivity (Wildman–Crippen MR) is 135 cm³/mol. The number of aromatic nitrogens is 2. The lowest BCUT2D eigenvalue weighted by molar-refractivity contribution is 0.0730. The van der Waals surface area contributed by atoms with Crippen molar-refractivity contribution in [3.63, 3.8) is 0 Å². The van der Waals surface area contributed by atoms with Crippen molar-refractivity contribution in [3.05, 3.63) is 78.0 Å². The molecule has 0 aliphatic carbocycles. The Hall–Kier alpha value is -3.93. The van der Waals surface area contributed by atoms with Crippen molar-refractivity contribution in [1.29, 1.82) is 0 Å². The Bertz CT molecular complexity index is 1580. The minimum absolute atomic E-state index is 0.155. The van der Waals surface area contributed by atoms with Gasteiger partial charge in [0.2, 0.25) is 16.8 Å². The largest absolute Gasteiger partial charge is 0.454 e. The molecule has 2 aliphatic heterocycles. The first-order valence-corrected chi connectivity index (χ1v) is 13.3. The molecule has 0 bridgehead atoms. The first kappa shape index (κ1) is 23.5. The van der Waals surface area contributed by atoms with E-state index in [0.717, 1.165) is 11.1 Å². The number of morpholine rings is 1. The number of sulfonamides is 1. The zero-order chi connectivity index (χ0) is 25.4. The minimum atomic E-state index is -3.57. The summed E-state index contributed by atoms with van der Waals surface area (Å²) in [5, 5.41) is 8.20. The molecule has 0 radical (unpaired) electrons. The summed E-state index contributed by atoms with van der Waals surface area (Å²) < 4.78 is 45.0. The lowest BCUT2D eigenvalue weighted by Crippen LogP contribution is -2.40. The quantitative estimate of drug-likeness (QED) is 0.416. The average Bonchev–Trinajstić information content (AvgIpc) is 3.54. The standard InChI is InChI=1S/C26H24N4O6S/c31-26(27-19-7-10-23-24(15-19)36-17-35-23)25-21-3-1-2-4-22(21)30(28-25)16-18-5-8-20(9-6-18)37(32,33)29-11-13-34-14-12-29/h1-10,15H,11-14,16-17H2,(H,27,31). The van der Waals surface area contributed by atoms with Gasteiger partial charge in [0.1, 0.15) is 0 Å². The maximum absolute atomic E-state index is 13.2. The topological polar surface area (TPSA) is 112 Å². The second-order valence-electron chi connectivity index (χ2n) is 8.71. The van der Waals surface area contributed by atoms with Crippen LogP contribution in [0, 0.1) is 0 Å². The summed E-state index contributed by atoms with van der Waals surface area (Å²) in [6.07, 6.45) is 0. The van der Waals surface area contributed by atoms with Gasteiger partial charge in [-0.25, -0.2) is 8.42 Å². The summed E-state index contributed by atoms with van der Waals surface area (Å²) in [6.45, 7) is 2.01. The third-order valence-corrected chi connectivity index (χ3v) is 8.28. The van der Waals surface area contributed by atoms with Gasteiger partial charge >= 0.3 is 0 Å². The van der Waals surface area contributed by atoms with Gasteiger partial charge in [-0.15, -0.1) is 0 Å². The van der Waals surface area contributed by atoms with Gasteiger partial charge in [0.05, 0.1) is 30.2 Å². The molecule has 0 spiro atoms. The van der Waals surface area contributed by atoms with Gasteiger partial charge in [-0.3, -0.25) is 9.48 Å². The third kappa shape index (κ3) is 4.52. The van der Waals surface area contributed by atoms with E-state index in [2.05, 4.69) is 10.4 Å². The Labute approximate surface area is 213 Å². The molecule has 6 rings (SSSR count). The van der Waals surface area contributed by atoms with Crippen LogP contribution in [0.25, 0.3) is 10.9 Å². The molecular formula is C26H24N4O6S. The van der Waals surface area contributed by atoms with Crippen LogP contribution in [0.1, 0.15) is 16.1 Å². The number of nitrogens with zero attached hydrogens (tertiary/aromatic N) is 3. The van der Waals surface area contributed by atoms with Gasteiger partial charge in [0.25, 0.3) is 5.91 Å². The van der Waals surface area contributed by atoms with E-state index in [0.29, 0.717) is 61.1 Å². The van der Waals surface area contributed by atoms with Gasteiger partial charge in [0.15, 0.2) is 17.2 Å². The molecule has 1 aromatic heterocycles. The first-order chi connectivity index (χ1) is 18.0. The molecule has 0 unspecified atom stereocenters. The summed E-state index contributed by atoms with van der Waals surface area (Å²) in [5.74, 6) is 0.865. The highest BCUT2D eigenvalue weighted by Gasteiger charge is 2.26. The molecule has 11 heteroatoms. The Morgan fingerprint density at radius 2 is 1.70 bits per heavy atom. The second kappa shape index (κ2) is 9.51. The number of para-hydroxylation sites is 1. The summed E-state index contributed by atoms with van der Waals surface area (Å²) in [6, 6.07) is 19.5. The van der Waals surface area contributed by atoms with Crippen molar-refractivity contribution in [1.82, 2.24) is 14.1 Å². The van der Waals surface area contributed by atoms with Crippen LogP contribution in [-0.4, -0.2) is 61.5 Å². The van der Waals surface area contributed by atoms with E-state index < -0.39 is 10.0 Å². The van der Waals surface area contributed by atoms with Crippen LogP contribution in [-0.2, 0) is 21.3 Å². The van der Waals surface area contributed by atoms with E-state index in [9.17, 15) is 13.2 Å². The smallest absolute Gasteiger partial charge is 0.276 e. The second-order valence-corrected chi connectivity index (χ2v) is 10.6. The molecule has 0 atom stereocenters. The number of anilines is 1. The molecule has 37 heavy (non-hydrogen) atoms. The molecular weight excluding hydrogens is 496 g/mol. The SMILES string of the molecule is O=C(Nc1ccc2c(c1)OCO2)c1nn(Cc2ccc(S(=O)(=O)N3CCOCC3)cc2)c2ccccc12. The van der Waals surface area contributed by atoms with Gasteiger partial charge in [-0.2, -0.15) is 9.40 Å². The van der Waals surface area contributed by atoms with Crippen LogP contribution in [0.4, 0.5) is 5.69 Å². The summed E-state index contributed by atoms with van der Waals surface area (Å²) in [5.41, 5.74) is 2.52. The van der Waals surface area contributed by atoms with Crippen LogP contribution < -0.4 is 14.8 Å². The lowest BCUT2D eigenvalue weighted by Gasteiger charge is -2.26. The highest BCUT2D eigenvalue weighted by atomic mass is 32.2. The van der Waals surface area contributed by atoms with Crippen molar-refractivity contribution < 1.29 is 27.4 Å². The molecule has 1 fully saturated rings. The van der Waals surface area contributed by atoms with Crippen LogP contribution >= 0.6 is 0 Å². The molecule has 3 heterocycles. The average molecular weight is 521 g/mol. The number of amides is 1. The maximum Gasteiger partial charge on any atom is 0.276 e. The van der Waals surface area contributed by atoms with Crippen molar-refractivity contribution in [3.8, 4) is 11.5 Å². The Kier molecular flexibility index (Phi) is 6.03. The van der Waals surface area contributed by atoms with Gasteiger partial charge in [0, 0.05) is 30.2 Å². The molecule has 3 aromatic carbocycles. The van der Waals surface area contributed by atoms with E-state index in [1.807, 2.05) is 24.3 Å². The normalized spacial score (nSPS) is 15.7. The Morgan fingerprint density at radius 1 is 0.946 bits per heavy atom. The van der Waals surface area contributed by atoms with E-state index in [1.165, 1.54) is 4.31 Å². The summed E-state index contributed by atoms with van der Waals surface area (Å²) >= 11 is 0. The molecule has 1 N–H and O–H groups in total. The monoisotopic (exact) mass is 520 g/mol. The first-order valence-electron chi connectivity index (χ1n) is 11.8. The number of nitrogens with one attached hydrogen (secondary N) is 1. The van der Waals surface area contributed by atoms with Gasteiger partial charge < -0.3 is 19.5 Å². The van der Waals surface area contributed by atoms with Crippen molar-refractivity contribution in [2.75, 3.05) is 38.4 Å². The fourth-order valence-electron chi connectivity index (χ4n) is 4.46. The molecule has 1 amide bonds. The number of carbonyl (C=O) groups excluding carboxylic acids is 1. The number of hydrogen-bond acceptors (Lipinski definition) is 7. The van der Waals surface area contributed by atoms with Crippen molar-refractivity contribution in [2.45, 2.75) is 11.4 Å². The van der Waals surface area contributed by atoms with Crippen molar-refractivity contribution >= 4 is 32.5 Å².